The van der Waals surface area contributed by atoms with Crippen LogP contribution >= 0.6 is 0 Å². The van der Waals surface area contributed by atoms with E-state index in [0.717, 1.165) is 12.5 Å². The summed E-state index contributed by atoms with van der Waals surface area (Å²) in [5, 5.41) is 3.43. The Labute approximate surface area is 98.6 Å². The highest BCUT2D eigenvalue weighted by Gasteiger charge is 2.38. The highest BCUT2D eigenvalue weighted by molar-refractivity contribution is 5.79. The lowest BCUT2D eigenvalue weighted by Crippen LogP contribution is -2.48. The van der Waals surface area contributed by atoms with Gasteiger partial charge < -0.3 is 10.2 Å². The van der Waals surface area contributed by atoms with Crippen molar-refractivity contribution < 1.29 is 4.79 Å². The van der Waals surface area contributed by atoms with E-state index >= 15 is 0 Å². The summed E-state index contributed by atoms with van der Waals surface area (Å²) in [5.74, 6) is 1.05. The number of nitrogens with one attached hydrogen (secondary N) is 1. The average molecular weight is 224 g/mol. The van der Waals surface area contributed by atoms with Gasteiger partial charge in [0, 0.05) is 18.1 Å². The van der Waals surface area contributed by atoms with Crippen LogP contribution in [-0.4, -0.2) is 35.5 Å². The topological polar surface area (TPSA) is 32.3 Å². The van der Waals surface area contributed by atoms with Crippen molar-refractivity contribution in [1.82, 2.24) is 10.2 Å². The summed E-state index contributed by atoms with van der Waals surface area (Å²) >= 11 is 0. The van der Waals surface area contributed by atoms with E-state index in [1.54, 1.807) is 0 Å². The fourth-order valence-electron chi connectivity index (χ4n) is 2.38. The van der Waals surface area contributed by atoms with Gasteiger partial charge in [0.2, 0.25) is 5.91 Å². The van der Waals surface area contributed by atoms with E-state index in [4.69, 9.17) is 0 Å². The van der Waals surface area contributed by atoms with Gasteiger partial charge in [0.1, 0.15) is 0 Å². The predicted octanol–water partition coefficient (Wildman–Crippen LogP) is 1.78. The second-order valence-corrected chi connectivity index (χ2v) is 5.76. The first-order chi connectivity index (χ1) is 7.54. The van der Waals surface area contributed by atoms with Crippen LogP contribution in [0.15, 0.2) is 0 Å². The molecule has 0 radical (unpaired) electrons. The molecule has 16 heavy (non-hydrogen) atoms. The summed E-state index contributed by atoms with van der Waals surface area (Å²) in [6.45, 7) is 7.86. The molecule has 2 saturated carbocycles. The molecule has 0 aromatic rings. The van der Waals surface area contributed by atoms with E-state index in [2.05, 4.69) is 26.1 Å². The lowest BCUT2D eigenvalue weighted by Gasteiger charge is -2.28. The van der Waals surface area contributed by atoms with Crippen LogP contribution in [0.25, 0.3) is 0 Å². The molecule has 0 spiro atoms. The maximum Gasteiger partial charge on any atom is 0.236 e. The average Bonchev–Trinajstić information content (AvgIpc) is 3.03. The maximum atomic E-state index is 12.0. The third-order valence-corrected chi connectivity index (χ3v) is 3.94. The molecule has 2 aliphatic carbocycles. The normalized spacial score (nSPS) is 20.9. The molecular formula is C13H24N2O. The summed E-state index contributed by atoms with van der Waals surface area (Å²) in [6, 6.07) is 0.545. The van der Waals surface area contributed by atoms with E-state index < -0.39 is 0 Å². The van der Waals surface area contributed by atoms with Gasteiger partial charge >= 0.3 is 0 Å². The van der Waals surface area contributed by atoms with E-state index in [9.17, 15) is 4.79 Å². The number of hydrogen-bond acceptors (Lipinski definition) is 2. The molecule has 3 nitrogen and oxygen atoms in total. The number of hydrogen-bond donors (Lipinski definition) is 1. The number of carbonyl (C=O) groups excluding carboxylic acids is 1. The molecule has 0 aliphatic heterocycles. The third-order valence-electron chi connectivity index (χ3n) is 3.94. The molecule has 92 valence electrons. The second-order valence-electron chi connectivity index (χ2n) is 5.76. The number of amides is 1. The molecule has 2 rings (SSSR count). The van der Waals surface area contributed by atoms with Gasteiger partial charge in [-0.3, -0.25) is 4.79 Å². The van der Waals surface area contributed by atoms with E-state index in [0.29, 0.717) is 12.6 Å². The van der Waals surface area contributed by atoms with Crippen LogP contribution in [-0.2, 0) is 4.79 Å². The second kappa shape index (κ2) is 4.36. The molecule has 0 saturated heterocycles. The molecular weight excluding hydrogens is 200 g/mol. The first-order valence-electron chi connectivity index (χ1n) is 6.59. The summed E-state index contributed by atoms with van der Waals surface area (Å²) in [4.78, 5) is 14.0. The smallest absolute Gasteiger partial charge is 0.236 e. The Morgan fingerprint density at radius 3 is 2.38 bits per heavy atom. The van der Waals surface area contributed by atoms with Crippen molar-refractivity contribution in [2.45, 2.75) is 58.0 Å². The van der Waals surface area contributed by atoms with Crippen LogP contribution in [0.2, 0.25) is 0 Å². The lowest BCUT2D eigenvalue weighted by molar-refractivity contribution is -0.131. The molecule has 3 heteroatoms. The zero-order valence-corrected chi connectivity index (χ0v) is 10.8. The van der Waals surface area contributed by atoms with Gasteiger partial charge in [-0.2, -0.15) is 0 Å². The number of rotatable bonds is 6. The standard InChI is InChI=1S/C13H24N2O/c1-4-15(11-7-8-11)12(16)9-14-13(2,3)10-5-6-10/h10-11,14H,4-9H2,1-3H3. The third kappa shape index (κ3) is 2.76. The predicted molar refractivity (Wildman–Crippen MR) is 65.2 cm³/mol. The van der Waals surface area contributed by atoms with Gasteiger partial charge in [-0.25, -0.2) is 0 Å². The van der Waals surface area contributed by atoms with Gasteiger partial charge in [-0.15, -0.1) is 0 Å². The molecule has 0 bridgehead atoms. The van der Waals surface area contributed by atoms with E-state index in [1.165, 1.54) is 25.7 Å². The fraction of sp³-hybridized carbons (Fsp3) is 0.923. The van der Waals surface area contributed by atoms with Gasteiger partial charge in [-0.05, 0) is 52.4 Å². The molecule has 1 N–H and O–H groups in total. The Kier molecular flexibility index (Phi) is 3.24. The highest BCUT2D eigenvalue weighted by atomic mass is 16.2. The van der Waals surface area contributed by atoms with E-state index in [1.807, 2.05) is 4.90 Å². The Hall–Kier alpha value is -0.570. The lowest BCUT2D eigenvalue weighted by atomic mass is 9.99. The van der Waals surface area contributed by atoms with Gasteiger partial charge in [0.05, 0.1) is 6.54 Å². The monoisotopic (exact) mass is 224 g/mol. The maximum absolute atomic E-state index is 12.0. The van der Waals surface area contributed by atoms with Gasteiger partial charge in [0.15, 0.2) is 0 Å². The van der Waals surface area contributed by atoms with Crippen molar-refractivity contribution >= 4 is 5.91 Å². The summed E-state index contributed by atoms with van der Waals surface area (Å²) in [6.07, 6.45) is 5.03. The Morgan fingerprint density at radius 1 is 1.31 bits per heavy atom. The minimum atomic E-state index is 0.138. The number of carbonyl (C=O) groups is 1. The molecule has 2 fully saturated rings. The SMILES string of the molecule is CCN(C(=O)CNC(C)(C)C1CC1)C1CC1. The molecule has 0 aromatic carbocycles. The highest BCUT2D eigenvalue weighted by Crippen LogP contribution is 2.39. The summed E-state index contributed by atoms with van der Waals surface area (Å²) in [7, 11) is 0. The van der Waals surface area contributed by atoms with Crippen molar-refractivity contribution in [2.75, 3.05) is 13.1 Å². The first kappa shape index (κ1) is 11.9. The molecule has 1 amide bonds. The van der Waals surface area contributed by atoms with Crippen molar-refractivity contribution in [3.63, 3.8) is 0 Å². The first-order valence-corrected chi connectivity index (χ1v) is 6.59. The Bertz CT molecular complexity index is 267. The molecule has 0 atom stereocenters. The molecule has 2 aliphatic rings. The molecule has 0 heterocycles. The van der Waals surface area contributed by atoms with Crippen LogP contribution in [0.3, 0.4) is 0 Å². The Balaban J connectivity index is 1.77. The van der Waals surface area contributed by atoms with Crippen molar-refractivity contribution in [3.8, 4) is 0 Å². The van der Waals surface area contributed by atoms with Gasteiger partial charge in [0.25, 0.3) is 0 Å². The summed E-state index contributed by atoms with van der Waals surface area (Å²) < 4.78 is 0. The zero-order chi connectivity index (χ0) is 11.8. The fourth-order valence-corrected chi connectivity index (χ4v) is 2.38. The molecule has 0 aromatic heterocycles. The van der Waals surface area contributed by atoms with Crippen LogP contribution in [0, 0.1) is 5.92 Å². The minimum Gasteiger partial charge on any atom is -0.339 e. The number of likely N-dealkylation sites (N-methyl/N-ethyl adjacent to an activating group) is 1. The Morgan fingerprint density at radius 2 is 1.94 bits per heavy atom. The van der Waals surface area contributed by atoms with Crippen molar-refractivity contribution in [2.24, 2.45) is 5.92 Å². The van der Waals surface area contributed by atoms with Crippen LogP contribution in [0.1, 0.15) is 46.5 Å². The van der Waals surface area contributed by atoms with Crippen molar-refractivity contribution in [1.29, 1.82) is 0 Å². The van der Waals surface area contributed by atoms with Crippen LogP contribution in [0.4, 0.5) is 0 Å². The van der Waals surface area contributed by atoms with Crippen molar-refractivity contribution in [3.05, 3.63) is 0 Å². The van der Waals surface area contributed by atoms with Crippen LogP contribution < -0.4 is 5.32 Å². The zero-order valence-electron chi connectivity index (χ0n) is 10.8. The largest absolute Gasteiger partial charge is 0.339 e. The van der Waals surface area contributed by atoms with E-state index in [-0.39, 0.29) is 11.4 Å². The minimum absolute atomic E-state index is 0.138. The number of nitrogens with zero attached hydrogens (tertiary/aromatic N) is 1. The van der Waals surface area contributed by atoms with Crippen LogP contribution in [0.5, 0.6) is 0 Å². The van der Waals surface area contributed by atoms with Gasteiger partial charge in [-0.1, -0.05) is 0 Å². The summed E-state index contributed by atoms with van der Waals surface area (Å²) in [5.41, 5.74) is 0.138. The molecule has 0 unspecified atom stereocenters. The quantitative estimate of drug-likeness (QED) is 0.746.